The van der Waals surface area contributed by atoms with Crippen LogP contribution < -0.4 is 0 Å². The number of benzene rings is 7. The molecule has 0 aromatic heterocycles. The van der Waals surface area contributed by atoms with E-state index in [1.807, 2.05) is 30.3 Å². The summed E-state index contributed by atoms with van der Waals surface area (Å²) >= 11 is 1.36. The number of hydrogen-bond acceptors (Lipinski definition) is 0. The van der Waals surface area contributed by atoms with Crippen molar-refractivity contribution in [1.29, 1.82) is 0 Å². The number of unbranched alkanes of at least 4 members (excludes halogenated alkanes) is 2. The van der Waals surface area contributed by atoms with E-state index in [2.05, 4.69) is 200 Å². The van der Waals surface area contributed by atoms with Crippen molar-refractivity contribution in [2.75, 3.05) is 0 Å². The van der Waals surface area contributed by atoms with Crippen LogP contribution in [0.5, 0.6) is 0 Å². The second kappa shape index (κ2) is 27.2. The van der Waals surface area contributed by atoms with Crippen molar-refractivity contribution in [3.05, 3.63) is 214 Å². The third-order valence-electron chi connectivity index (χ3n) is 9.91. The van der Waals surface area contributed by atoms with Gasteiger partial charge in [-0.25, -0.2) is 0 Å². The van der Waals surface area contributed by atoms with Crippen LogP contribution in [-0.4, -0.2) is 6.88 Å². The average Bonchev–Trinajstić information content (AvgIpc) is 3.95. The second-order valence-electron chi connectivity index (χ2n) is 13.9. The van der Waals surface area contributed by atoms with E-state index in [1.165, 1.54) is 113 Å². The predicted octanol–water partition coefficient (Wildman–Crippen LogP) is 16.7. The van der Waals surface area contributed by atoms with Gasteiger partial charge in [0.05, 0.1) is 0 Å². The minimum atomic E-state index is 0. The summed E-state index contributed by atoms with van der Waals surface area (Å²) in [5, 5.41) is 10.7. The Bertz CT molecular complexity index is 2320. The van der Waals surface area contributed by atoms with E-state index in [0.717, 1.165) is 25.7 Å². The SMILES string of the molecule is CCc1cc2c(-c3cccc4ccccc34)cccc2[cH-]1.CCc1cc2c(-c3cccc4ccccc34)cccc2[cH-]1.[CH2-]CCC.[CH2-]CCC.[CH3-].[Si]=[Zr].[c-]1ccccc1. The predicted molar refractivity (Wildman–Crippen MR) is 262 cm³/mol. The zero-order chi connectivity index (χ0) is 41.5. The standard InChI is InChI=1S/2C21H17.C6H5.2C4H9.CH3.Si.Zr/c2*1-2-15-13-17-9-6-12-20(21(17)14-15)19-11-5-8-16-7-3-4-10-18(16)19;1-2-4-6-5-3-1;2*1-3-4-2;;;/h2*3-14H,2H2,1H3;1-5H;2*1,3-4H2,2H3;1H3;;/q6*-1;;. The monoisotopic (exact) mass is 862 g/mol. The summed E-state index contributed by atoms with van der Waals surface area (Å²) in [7, 11) is 0. The first-order valence-electron chi connectivity index (χ1n) is 20.6. The minimum absolute atomic E-state index is 0. The van der Waals surface area contributed by atoms with Crippen LogP contribution in [0, 0.1) is 27.3 Å². The molecule has 0 aliphatic heterocycles. The molecule has 2 radical (unpaired) electrons. The first kappa shape index (κ1) is 48.7. The molecule has 0 amide bonds. The van der Waals surface area contributed by atoms with Crippen LogP contribution in [0.3, 0.4) is 0 Å². The van der Waals surface area contributed by atoms with Crippen molar-refractivity contribution in [1.82, 2.24) is 0 Å². The first-order valence-corrected chi connectivity index (χ1v) is 24.8. The van der Waals surface area contributed by atoms with E-state index in [9.17, 15) is 0 Å². The van der Waals surface area contributed by atoms with Crippen LogP contribution in [0.2, 0.25) is 0 Å². The summed E-state index contributed by atoms with van der Waals surface area (Å²) in [5.41, 5.74) is 8.15. The van der Waals surface area contributed by atoms with E-state index < -0.39 is 0 Å². The van der Waals surface area contributed by atoms with Gasteiger partial charge in [0.2, 0.25) is 0 Å². The minimum Gasteiger partial charge on any atom is -0.184 e. The van der Waals surface area contributed by atoms with Gasteiger partial charge >= 0.3 is 30.2 Å². The Kier molecular flexibility index (Phi) is 22.5. The van der Waals surface area contributed by atoms with Crippen molar-refractivity contribution >= 4 is 50.0 Å². The Hall–Kier alpha value is -4.62. The fraction of sp³-hybridized carbons (Fsp3) is 0.175. The van der Waals surface area contributed by atoms with E-state index in [4.69, 9.17) is 0 Å². The zero-order valence-corrected chi connectivity index (χ0v) is 39.4. The number of rotatable bonds is 6. The number of aryl methyl sites for hydroxylation is 2. The molecule has 0 heterocycles. The van der Waals surface area contributed by atoms with E-state index in [1.54, 1.807) is 0 Å². The van der Waals surface area contributed by atoms with Crippen LogP contribution in [0.4, 0.5) is 0 Å². The Balaban J connectivity index is 0.000000229. The molecule has 2 heteroatoms. The maximum atomic E-state index is 3.60. The normalized spacial score (nSPS) is 9.92. The average molecular weight is 864 g/mol. The van der Waals surface area contributed by atoms with Crippen molar-refractivity contribution in [2.24, 2.45) is 0 Å². The fourth-order valence-electron chi connectivity index (χ4n) is 6.73. The molecular weight excluding hydrogens is 804 g/mol. The van der Waals surface area contributed by atoms with Gasteiger partial charge in [0.25, 0.3) is 0 Å². The second-order valence-corrected chi connectivity index (χ2v) is 13.9. The van der Waals surface area contributed by atoms with Gasteiger partial charge in [0.1, 0.15) is 0 Å². The van der Waals surface area contributed by atoms with E-state index in [0.29, 0.717) is 0 Å². The van der Waals surface area contributed by atoms with Gasteiger partial charge in [0.15, 0.2) is 0 Å². The molecule has 0 unspecified atom stereocenters. The maximum absolute atomic E-state index is 3.60. The molecule has 0 N–H and O–H groups in total. The van der Waals surface area contributed by atoms with Crippen molar-refractivity contribution in [3.8, 4) is 22.3 Å². The molecular formula is C57H60SiZr-6. The van der Waals surface area contributed by atoms with Crippen molar-refractivity contribution in [3.63, 3.8) is 0 Å². The van der Waals surface area contributed by atoms with E-state index in [-0.39, 0.29) is 7.43 Å². The molecule has 0 saturated carbocycles. The molecule has 9 aromatic carbocycles. The summed E-state index contributed by atoms with van der Waals surface area (Å²) in [4.78, 5) is 0. The van der Waals surface area contributed by atoms with Gasteiger partial charge in [-0.05, 0) is 45.5 Å². The van der Waals surface area contributed by atoms with Gasteiger partial charge < -0.3 is 21.3 Å². The van der Waals surface area contributed by atoms with Crippen LogP contribution >= 0.6 is 0 Å². The molecule has 0 bridgehead atoms. The molecule has 0 spiro atoms. The summed E-state index contributed by atoms with van der Waals surface area (Å²) in [6, 6.07) is 65.4. The molecule has 0 nitrogen and oxygen atoms in total. The third-order valence-corrected chi connectivity index (χ3v) is 9.91. The fourth-order valence-corrected chi connectivity index (χ4v) is 6.73. The molecule has 9 rings (SSSR count). The largest absolute Gasteiger partial charge is 0.184 e. The quantitative estimate of drug-likeness (QED) is 0.115. The topological polar surface area (TPSA) is 0 Å². The summed E-state index contributed by atoms with van der Waals surface area (Å²) in [5.74, 6) is 0. The van der Waals surface area contributed by atoms with Crippen molar-refractivity contribution in [2.45, 2.75) is 66.2 Å². The molecule has 0 fully saturated rings. The summed E-state index contributed by atoms with van der Waals surface area (Å²) in [6.07, 6.45) is 6.73. The Morgan fingerprint density at radius 3 is 1.12 bits per heavy atom. The molecule has 0 aliphatic carbocycles. The third kappa shape index (κ3) is 13.7. The summed E-state index contributed by atoms with van der Waals surface area (Å²) in [6.45, 7) is 18.9. The molecule has 0 atom stereocenters. The van der Waals surface area contributed by atoms with Crippen LogP contribution in [0.1, 0.15) is 64.5 Å². The Morgan fingerprint density at radius 1 is 0.458 bits per heavy atom. The number of hydrogen-bond donors (Lipinski definition) is 0. The Labute approximate surface area is 373 Å². The van der Waals surface area contributed by atoms with Crippen molar-refractivity contribution < 1.29 is 23.3 Å². The van der Waals surface area contributed by atoms with Gasteiger partial charge in [-0.2, -0.15) is 61.4 Å². The van der Waals surface area contributed by atoms with E-state index >= 15 is 0 Å². The molecule has 9 aromatic rings. The molecule has 0 aliphatic rings. The van der Waals surface area contributed by atoms with Crippen LogP contribution in [0.25, 0.3) is 65.3 Å². The molecule has 302 valence electrons. The van der Waals surface area contributed by atoms with Crippen LogP contribution in [-0.2, 0) is 36.2 Å². The van der Waals surface area contributed by atoms with Gasteiger partial charge in [-0.1, -0.05) is 149 Å². The zero-order valence-electron chi connectivity index (χ0n) is 35.9. The molecule has 59 heavy (non-hydrogen) atoms. The van der Waals surface area contributed by atoms with Gasteiger partial charge in [-0.3, -0.25) is 0 Å². The van der Waals surface area contributed by atoms with Gasteiger partial charge in [0, 0.05) is 0 Å². The smallest absolute Gasteiger partial charge is 0.171 e. The Morgan fingerprint density at radius 2 is 0.797 bits per heavy atom. The number of fused-ring (bicyclic) bond motifs is 4. The molecule has 0 saturated heterocycles. The summed E-state index contributed by atoms with van der Waals surface area (Å²) < 4.78 is 0. The first-order chi connectivity index (χ1) is 28.6. The van der Waals surface area contributed by atoms with Crippen LogP contribution in [0.15, 0.2) is 176 Å². The van der Waals surface area contributed by atoms with Gasteiger partial charge in [-0.15, -0.1) is 69.1 Å². The maximum Gasteiger partial charge on any atom is -0.171 e.